The van der Waals surface area contributed by atoms with Gasteiger partial charge in [-0.05, 0) is 69.2 Å². The first-order valence-electron chi connectivity index (χ1n) is 8.48. The minimum absolute atomic E-state index is 0.272. The number of ketones is 2. The van der Waals surface area contributed by atoms with Gasteiger partial charge in [0.15, 0.2) is 11.6 Å². The first-order valence-corrected chi connectivity index (χ1v) is 9.23. The molecule has 0 aliphatic carbocycles. The van der Waals surface area contributed by atoms with Crippen molar-refractivity contribution in [1.29, 1.82) is 0 Å². The minimum Gasteiger partial charge on any atom is -0.354 e. The molecule has 3 rings (SSSR count). The second kappa shape index (κ2) is 6.69. The summed E-state index contributed by atoms with van der Waals surface area (Å²) in [4.78, 5) is 25.9. The van der Waals surface area contributed by atoms with E-state index in [9.17, 15) is 14.0 Å². The number of hydrogen-bond acceptors (Lipinski definition) is 3. The van der Waals surface area contributed by atoms with Crippen molar-refractivity contribution >= 4 is 34.8 Å². The zero-order valence-electron chi connectivity index (χ0n) is 15.4. The van der Waals surface area contributed by atoms with Crippen LogP contribution in [0.15, 0.2) is 36.4 Å². The molecule has 142 valence electrons. The van der Waals surface area contributed by atoms with Crippen LogP contribution in [0.3, 0.4) is 0 Å². The second-order valence-electron chi connectivity index (χ2n) is 7.64. The maximum atomic E-state index is 14.3. The summed E-state index contributed by atoms with van der Waals surface area (Å²) in [6, 6.07) is 9.13. The fourth-order valence-corrected chi connectivity index (χ4v) is 3.88. The average Bonchev–Trinajstić information content (AvgIpc) is 2.55. The highest BCUT2D eigenvalue weighted by atomic mass is 35.5. The van der Waals surface area contributed by atoms with E-state index in [-0.39, 0.29) is 21.6 Å². The Hall–Kier alpha value is -1.75. The van der Waals surface area contributed by atoms with Gasteiger partial charge in [0.1, 0.15) is 22.9 Å². The topological polar surface area (TPSA) is 43.4 Å². The zero-order valence-corrected chi connectivity index (χ0v) is 16.9. The fourth-order valence-electron chi connectivity index (χ4n) is 3.49. The van der Waals surface area contributed by atoms with E-state index < -0.39 is 22.9 Å². The van der Waals surface area contributed by atoms with E-state index in [1.165, 1.54) is 6.07 Å². The van der Waals surface area contributed by atoms with Gasteiger partial charge in [0, 0.05) is 15.6 Å². The summed E-state index contributed by atoms with van der Waals surface area (Å²) in [5.74, 6) is -2.32. The standard InChI is InChI=1S/C21H19Cl2FO3/c1-20(2)18(25)17(19(26)21(3,4)27-20)14-9-11(5-8-15(14)23)13-7-6-12(22)10-16(13)24/h5-10,17H,1-4H3. The summed E-state index contributed by atoms with van der Waals surface area (Å²) in [5.41, 5.74) is -1.13. The van der Waals surface area contributed by atoms with Crippen molar-refractivity contribution in [1.82, 2.24) is 0 Å². The summed E-state index contributed by atoms with van der Waals surface area (Å²) in [6.07, 6.45) is 0. The molecule has 1 fully saturated rings. The molecule has 1 saturated heterocycles. The molecule has 1 aliphatic rings. The van der Waals surface area contributed by atoms with Gasteiger partial charge in [0.2, 0.25) is 0 Å². The Balaban J connectivity index is 2.16. The van der Waals surface area contributed by atoms with Crippen LogP contribution in [0.25, 0.3) is 11.1 Å². The maximum Gasteiger partial charge on any atom is 0.179 e. The quantitative estimate of drug-likeness (QED) is 0.606. The van der Waals surface area contributed by atoms with Gasteiger partial charge in [0.05, 0.1) is 0 Å². The van der Waals surface area contributed by atoms with Gasteiger partial charge in [0.25, 0.3) is 0 Å². The highest BCUT2D eigenvalue weighted by molar-refractivity contribution is 6.33. The number of halogens is 3. The van der Waals surface area contributed by atoms with E-state index in [1.807, 2.05) is 0 Å². The summed E-state index contributed by atoms with van der Waals surface area (Å²) in [5, 5.41) is 0.553. The molecule has 0 bridgehead atoms. The normalized spacial score (nSPS) is 19.4. The van der Waals surface area contributed by atoms with Gasteiger partial charge in [-0.15, -0.1) is 0 Å². The van der Waals surface area contributed by atoms with E-state index >= 15 is 0 Å². The third kappa shape index (κ3) is 3.54. The molecule has 2 aromatic carbocycles. The van der Waals surface area contributed by atoms with Gasteiger partial charge in [-0.1, -0.05) is 29.3 Å². The van der Waals surface area contributed by atoms with Crippen LogP contribution in [0, 0.1) is 5.82 Å². The SMILES string of the molecule is CC1(C)OC(C)(C)C(=O)C(c2cc(-c3ccc(Cl)cc3F)ccc2Cl)C1=O. The van der Waals surface area contributed by atoms with Crippen LogP contribution in [0.2, 0.25) is 10.0 Å². The summed E-state index contributed by atoms with van der Waals surface area (Å²) in [6.45, 7) is 6.53. The Bertz CT molecular complexity index is 924. The van der Waals surface area contributed by atoms with Crippen molar-refractivity contribution in [2.45, 2.75) is 44.8 Å². The lowest BCUT2D eigenvalue weighted by Crippen LogP contribution is -2.57. The van der Waals surface area contributed by atoms with E-state index in [2.05, 4.69) is 0 Å². The molecule has 0 amide bonds. The molecule has 1 heterocycles. The van der Waals surface area contributed by atoms with Gasteiger partial charge < -0.3 is 4.74 Å². The molecule has 0 unspecified atom stereocenters. The Morgan fingerprint density at radius 1 is 0.926 bits per heavy atom. The number of ether oxygens (including phenoxy) is 1. The fraction of sp³-hybridized carbons (Fsp3) is 0.333. The maximum absolute atomic E-state index is 14.3. The minimum atomic E-state index is -1.15. The van der Waals surface area contributed by atoms with Crippen LogP contribution in [-0.4, -0.2) is 22.8 Å². The van der Waals surface area contributed by atoms with Crippen molar-refractivity contribution in [2.24, 2.45) is 0 Å². The van der Waals surface area contributed by atoms with Crippen molar-refractivity contribution in [2.75, 3.05) is 0 Å². The van der Waals surface area contributed by atoms with Crippen LogP contribution in [0.4, 0.5) is 4.39 Å². The molecule has 3 nitrogen and oxygen atoms in total. The molecule has 1 aliphatic heterocycles. The molecule has 0 radical (unpaired) electrons. The third-order valence-electron chi connectivity index (χ3n) is 4.77. The predicted octanol–water partition coefficient (Wildman–Crippen LogP) is 5.61. The first-order chi connectivity index (χ1) is 12.4. The number of rotatable bonds is 2. The molecule has 0 saturated carbocycles. The van der Waals surface area contributed by atoms with Gasteiger partial charge >= 0.3 is 0 Å². The Labute approximate surface area is 167 Å². The van der Waals surface area contributed by atoms with Crippen molar-refractivity contribution in [3.8, 4) is 11.1 Å². The van der Waals surface area contributed by atoms with E-state index in [0.29, 0.717) is 16.7 Å². The van der Waals surface area contributed by atoms with Crippen LogP contribution in [0.5, 0.6) is 0 Å². The Kier molecular flexibility index (Phi) is 4.96. The highest BCUT2D eigenvalue weighted by Crippen LogP contribution is 2.41. The number of benzene rings is 2. The number of carbonyl (C=O) groups is 2. The summed E-state index contributed by atoms with van der Waals surface area (Å²) < 4.78 is 20.0. The summed E-state index contributed by atoms with van der Waals surface area (Å²) >= 11 is 12.2. The lowest BCUT2D eigenvalue weighted by Gasteiger charge is -2.42. The van der Waals surface area contributed by atoms with Crippen LogP contribution < -0.4 is 0 Å². The predicted molar refractivity (Wildman–Crippen MR) is 104 cm³/mol. The van der Waals surface area contributed by atoms with Crippen LogP contribution >= 0.6 is 23.2 Å². The van der Waals surface area contributed by atoms with Gasteiger partial charge in [-0.25, -0.2) is 4.39 Å². The number of Topliss-reactive ketones (excluding diaryl/α,β-unsaturated/α-hetero) is 2. The molecule has 0 N–H and O–H groups in total. The van der Waals surface area contributed by atoms with Crippen molar-refractivity contribution < 1.29 is 18.7 Å². The highest BCUT2D eigenvalue weighted by Gasteiger charge is 2.53. The third-order valence-corrected chi connectivity index (χ3v) is 5.35. The Morgan fingerprint density at radius 2 is 1.52 bits per heavy atom. The Morgan fingerprint density at radius 3 is 2.07 bits per heavy atom. The zero-order chi connectivity index (χ0) is 20.1. The van der Waals surface area contributed by atoms with Crippen molar-refractivity contribution in [3.05, 3.63) is 57.8 Å². The molecule has 27 heavy (non-hydrogen) atoms. The van der Waals surface area contributed by atoms with Gasteiger partial charge in [-0.3, -0.25) is 9.59 Å². The van der Waals surface area contributed by atoms with E-state index in [4.69, 9.17) is 27.9 Å². The molecule has 6 heteroatoms. The average molecular weight is 409 g/mol. The lowest BCUT2D eigenvalue weighted by atomic mass is 9.74. The van der Waals surface area contributed by atoms with E-state index in [0.717, 1.165) is 0 Å². The first kappa shape index (κ1) is 20.0. The van der Waals surface area contributed by atoms with Gasteiger partial charge in [-0.2, -0.15) is 0 Å². The molecule has 0 spiro atoms. The second-order valence-corrected chi connectivity index (χ2v) is 8.49. The number of hydrogen-bond donors (Lipinski definition) is 0. The molecular formula is C21H19Cl2FO3. The smallest absolute Gasteiger partial charge is 0.179 e. The molecule has 2 aromatic rings. The molecule has 0 atom stereocenters. The number of carbonyl (C=O) groups excluding carboxylic acids is 2. The molecular weight excluding hydrogens is 390 g/mol. The monoisotopic (exact) mass is 408 g/mol. The van der Waals surface area contributed by atoms with E-state index in [1.54, 1.807) is 58.0 Å². The largest absolute Gasteiger partial charge is 0.354 e. The molecule has 0 aromatic heterocycles. The van der Waals surface area contributed by atoms with Crippen molar-refractivity contribution in [3.63, 3.8) is 0 Å². The van der Waals surface area contributed by atoms with Crippen LogP contribution in [-0.2, 0) is 14.3 Å². The summed E-state index contributed by atoms with van der Waals surface area (Å²) in [7, 11) is 0. The lowest BCUT2D eigenvalue weighted by molar-refractivity contribution is -0.184. The van der Waals surface area contributed by atoms with Crippen LogP contribution in [0.1, 0.15) is 39.2 Å².